The summed E-state index contributed by atoms with van der Waals surface area (Å²) in [6, 6.07) is 15.1. The third kappa shape index (κ3) is 3.59. The number of rotatable bonds is 5. The fourth-order valence-electron chi connectivity index (χ4n) is 5.49. The molecule has 1 saturated carbocycles. The molecular formula is C27H25N3O3. The molecule has 1 amide bonds. The number of ketones is 1. The van der Waals surface area contributed by atoms with Crippen LogP contribution in [0.25, 0.3) is 22.0 Å². The van der Waals surface area contributed by atoms with Crippen LogP contribution in [-0.2, 0) is 0 Å². The lowest BCUT2D eigenvalue weighted by molar-refractivity contribution is 0.0669. The second-order valence-electron chi connectivity index (χ2n) is 9.40. The summed E-state index contributed by atoms with van der Waals surface area (Å²) in [5.74, 6) is 1.17. The number of pyridine rings is 2. The molecule has 1 aromatic carbocycles. The molecule has 2 fully saturated rings. The van der Waals surface area contributed by atoms with Gasteiger partial charge in [0.05, 0.1) is 5.56 Å². The predicted molar refractivity (Wildman–Crippen MR) is 125 cm³/mol. The summed E-state index contributed by atoms with van der Waals surface area (Å²) < 4.78 is 5.73. The molecule has 4 aromatic rings. The lowest BCUT2D eigenvalue weighted by Gasteiger charge is -2.33. The highest BCUT2D eigenvalue weighted by atomic mass is 16.3. The molecule has 6 rings (SSSR count). The monoisotopic (exact) mass is 439 g/mol. The fourth-order valence-corrected chi connectivity index (χ4v) is 5.49. The van der Waals surface area contributed by atoms with E-state index in [-0.39, 0.29) is 11.7 Å². The van der Waals surface area contributed by atoms with E-state index in [4.69, 9.17) is 4.42 Å². The Labute approximate surface area is 191 Å². The second kappa shape index (κ2) is 7.80. The zero-order valence-electron chi connectivity index (χ0n) is 18.4. The minimum Gasteiger partial charge on any atom is -0.453 e. The Morgan fingerprint density at radius 2 is 1.85 bits per heavy atom. The van der Waals surface area contributed by atoms with E-state index in [2.05, 4.69) is 9.97 Å². The fraction of sp³-hybridized carbons (Fsp3) is 0.333. The summed E-state index contributed by atoms with van der Waals surface area (Å²) >= 11 is 0. The van der Waals surface area contributed by atoms with Crippen molar-refractivity contribution in [2.24, 2.45) is 11.3 Å². The number of likely N-dealkylation sites (tertiary alicyclic amines) is 1. The summed E-state index contributed by atoms with van der Waals surface area (Å²) in [7, 11) is 0. The van der Waals surface area contributed by atoms with Gasteiger partial charge in [0.2, 0.25) is 0 Å². The van der Waals surface area contributed by atoms with E-state index in [1.165, 1.54) is 0 Å². The number of Topliss-reactive ketones (excluding diaryl/α,β-unsaturated/α-hetero) is 1. The van der Waals surface area contributed by atoms with Gasteiger partial charge in [0.25, 0.3) is 5.91 Å². The molecule has 2 aliphatic rings. The number of para-hydroxylation sites is 1. The second-order valence-corrected chi connectivity index (χ2v) is 9.40. The first-order valence-electron chi connectivity index (χ1n) is 11.6. The highest BCUT2D eigenvalue weighted by molar-refractivity contribution is 6.05. The first-order chi connectivity index (χ1) is 16.1. The number of aromatic nitrogens is 2. The van der Waals surface area contributed by atoms with Crippen LogP contribution in [0.5, 0.6) is 0 Å². The van der Waals surface area contributed by atoms with Crippen molar-refractivity contribution in [1.82, 2.24) is 14.9 Å². The van der Waals surface area contributed by atoms with E-state index in [0.717, 1.165) is 55.1 Å². The Bertz CT molecular complexity index is 1330. The van der Waals surface area contributed by atoms with Gasteiger partial charge in [0.1, 0.15) is 5.58 Å². The van der Waals surface area contributed by atoms with E-state index in [1.54, 1.807) is 18.5 Å². The summed E-state index contributed by atoms with van der Waals surface area (Å²) in [5.41, 5.74) is 2.34. The molecular weight excluding hydrogens is 414 g/mol. The molecule has 166 valence electrons. The maximum Gasteiger partial charge on any atom is 0.254 e. The van der Waals surface area contributed by atoms with Gasteiger partial charge in [-0.05, 0) is 67.3 Å². The SMILES string of the molecule is O=C(CCC1CC12CCN(C(=O)c1ccnc3ncccc13)CC2)c1cc2ccccc2o1. The van der Waals surface area contributed by atoms with E-state index in [9.17, 15) is 9.59 Å². The van der Waals surface area contributed by atoms with Crippen molar-refractivity contribution in [3.05, 3.63) is 72.2 Å². The topological polar surface area (TPSA) is 76.3 Å². The Kier molecular flexibility index (Phi) is 4.75. The minimum atomic E-state index is 0.0579. The first kappa shape index (κ1) is 20.1. The molecule has 0 radical (unpaired) electrons. The number of hydrogen-bond donors (Lipinski definition) is 0. The van der Waals surface area contributed by atoms with E-state index >= 15 is 0 Å². The van der Waals surface area contributed by atoms with Crippen molar-refractivity contribution in [2.75, 3.05) is 13.1 Å². The summed E-state index contributed by atoms with van der Waals surface area (Å²) in [6.45, 7) is 1.52. The van der Waals surface area contributed by atoms with Crippen molar-refractivity contribution in [3.8, 4) is 0 Å². The van der Waals surface area contributed by atoms with Crippen LogP contribution in [0.1, 0.15) is 53.0 Å². The maximum atomic E-state index is 13.2. The van der Waals surface area contributed by atoms with Gasteiger partial charge in [-0.2, -0.15) is 0 Å². The molecule has 1 saturated heterocycles. The van der Waals surface area contributed by atoms with Crippen LogP contribution >= 0.6 is 0 Å². The zero-order chi connectivity index (χ0) is 22.4. The van der Waals surface area contributed by atoms with Gasteiger partial charge in [0.15, 0.2) is 17.2 Å². The quantitative estimate of drug-likeness (QED) is 0.395. The number of hydrogen-bond acceptors (Lipinski definition) is 5. The molecule has 1 aliphatic carbocycles. The Morgan fingerprint density at radius 1 is 1.03 bits per heavy atom. The third-order valence-electron chi connectivity index (χ3n) is 7.57. The average molecular weight is 440 g/mol. The number of carbonyl (C=O) groups is 2. The standard InChI is InChI=1S/C27H25N3O3/c31-22(24-16-18-4-1-2-6-23(18)33-24)8-7-19-17-27(19)10-14-30(15-11-27)26(32)21-9-13-29-25-20(21)5-3-12-28-25/h1-6,9,12-13,16,19H,7-8,10-11,14-15,17H2. The molecule has 1 atom stereocenters. The van der Waals surface area contributed by atoms with Crippen LogP contribution in [0.15, 0.2) is 65.3 Å². The van der Waals surface area contributed by atoms with Crippen molar-refractivity contribution in [1.29, 1.82) is 0 Å². The number of nitrogens with zero attached hydrogens (tertiary/aromatic N) is 3. The van der Waals surface area contributed by atoms with Crippen molar-refractivity contribution in [3.63, 3.8) is 0 Å². The number of benzene rings is 1. The van der Waals surface area contributed by atoms with E-state index in [0.29, 0.717) is 34.7 Å². The lowest BCUT2D eigenvalue weighted by atomic mass is 9.89. The van der Waals surface area contributed by atoms with Gasteiger partial charge in [-0.3, -0.25) is 9.59 Å². The van der Waals surface area contributed by atoms with Gasteiger partial charge in [-0.25, -0.2) is 9.97 Å². The van der Waals surface area contributed by atoms with Crippen molar-refractivity contribution >= 4 is 33.7 Å². The molecule has 4 heterocycles. The van der Waals surface area contributed by atoms with Gasteiger partial charge in [0, 0.05) is 42.7 Å². The molecule has 1 unspecified atom stereocenters. The first-order valence-corrected chi connectivity index (χ1v) is 11.6. The molecule has 33 heavy (non-hydrogen) atoms. The number of piperidine rings is 1. The molecule has 3 aromatic heterocycles. The summed E-state index contributed by atoms with van der Waals surface area (Å²) in [4.78, 5) is 36.3. The molecule has 0 N–H and O–H groups in total. The number of furan rings is 1. The van der Waals surface area contributed by atoms with Crippen LogP contribution in [0.3, 0.4) is 0 Å². The average Bonchev–Trinajstić information content (AvgIpc) is 3.33. The highest BCUT2D eigenvalue weighted by Gasteiger charge is 2.54. The lowest BCUT2D eigenvalue weighted by Crippen LogP contribution is -2.39. The van der Waals surface area contributed by atoms with Crippen molar-refractivity contribution in [2.45, 2.75) is 32.1 Å². The molecule has 0 bridgehead atoms. The molecule has 1 spiro atoms. The van der Waals surface area contributed by atoms with Gasteiger partial charge >= 0.3 is 0 Å². The van der Waals surface area contributed by atoms with Crippen LogP contribution < -0.4 is 0 Å². The van der Waals surface area contributed by atoms with Crippen LogP contribution in [0, 0.1) is 11.3 Å². The van der Waals surface area contributed by atoms with E-state index in [1.807, 2.05) is 47.4 Å². The number of amides is 1. The van der Waals surface area contributed by atoms with Gasteiger partial charge in [-0.15, -0.1) is 0 Å². The van der Waals surface area contributed by atoms with Crippen LogP contribution in [0.2, 0.25) is 0 Å². The molecule has 6 heteroatoms. The van der Waals surface area contributed by atoms with Gasteiger partial charge in [-0.1, -0.05) is 18.2 Å². The molecule has 6 nitrogen and oxygen atoms in total. The Morgan fingerprint density at radius 3 is 2.70 bits per heavy atom. The minimum absolute atomic E-state index is 0.0579. The Hall–Kier alpha value is -3.54. The van der Waals surface area contributed by atoms with Crippen molar-refractivity contribution < 1.29 is 14.0 Å². The van der Waals surface area contributed by atoms with Crippen LogP contribution in [0.4, 0.5) is 0 Å². The maximum absolute atomic E-state index is 13.2. The Balaban J connectivity index is 1.06. The summed E-state index contributed by atoms with van der Waals surface area (Å²) in [6.07, 6.45) is 7.93. The normalized spacial score (nSPS) is 19.3. The third-order valence-corrected chi connectivity index (χ3v) is 7.57. The predicted octanol–water partition coefficient (Wildman–Crippen LogP) is 5.28. The van der Waals surface area contributed by atoms with Gasteiger partial charge < -0.3 is 9.32 Å². The largest absolute Gasteiger partial charge is 0.453 e. The zero-order valence-corrected chi connectivity index (χ0v) is 18.4. The highest BCUT2D eigenvalue weighted by Crippen LogP contribution is 2.61. The summed E-state index contributed by atoms with van der Waals surface area (Å²) in [5, 5.41) is 1.78. The number of fused-ring (bicyclic) bond motifs is 2. The molecule has 1 aliphatic heterocycles. The number of carbonyl (C=O) groups excluding carboxylic acids is 2. The van der Waals surface area contributed by atoms with E-state index < -0.39 is 0 Å². The smallest absolute Gasteiger partial charge is 0.254 e. The van der Waals surface area contributed by atoms with Crippen LogP contribution in [-0.4, -0.2) is 39.6 Å².